The first-order valence-corrected chi connectivity index (χ1v) is 7.26. The molecule has 1 aliphatic heterocycles. The van der Waals surface area contributed by atoms with Crippen LogP contribution in [-0.2, 0) is 9.59 Å². The molecular formula is C16H22N2O3. The van der Waals surface area contributed by atoms with Crippen LogP contribution >= 0.6 is 0 Å². The van der Waals surface area contributed by atoms with Crippen molar-refractivity contribution in [1.29, 1.82) is 0 Å². The summed E-state index contributed by atoms with van der Waals surface area (Å²) in [6.07, 6.45) is 0.0988. The second-order valence-electron chi connectivity index (χ2n) is 5.83. The maximum atomic E-state index is 12.2. The van der Waals surface area contributed by atoms with Crippen molar-refractivity contribution >= 4 is 17.5 Å². The van der Waals surface area contributed by atoms with Crippen molar-refractivity contribution in [3.05, 3.63) is 24.3 Å². The summed E-state index contributed by atoms with van der Waals surface area (Å²) in [6.45, 7) is 7.84. The summed E-state index contributed by atoms with van der Waals surface area (Å²) >= 11 is 0. The van der Waals surface area contributed by atoms with Gasteiger partial charge in [0.2, 0.25) is 11.8 Å². The summed E-state index contributed by atoms with van der Waals surface area (Å²) in [4.78, 5) is 25.8. The molecule has 1 fully saturated rings. The van der Waals surface area contributed by atoms with Gasteiger partial charge in [0, 0.05) is 5.69 Å². The average molecular weight is 290 g/mol. The fourth-order valence-corrected chi connectivity index (χ4v) is 2.49. The number of nitrogens with zero attached hydrogens (tertiary/aromatic N) is 1. The Bertz CT molecular complexity index is 523. The Balaban J connectivity index is 2.28. The molecule has 5 heteroatoms. The molecule has 0 saturated carbocycles. The molecule has 0 aliphatic carbocycles. The van der Waals surface area contributed by atoms with E-state index in [0.29, 0.717) is 0 Å². The van der Waals surface area contributed by atoms with Gasteiger partial charge in [-0.05, 0) is 44.0 Å². The van der Waals surface area contributed by atoms with Gasteiger partial charge in [-0.1, -0.05) is 13.8 Å². The lowest BCUT2D eigenvalue weighted by Crippen LogP contribution is -2.60. The number of carbonyl (C=O) groups excluding carboxylic acids is 2. The summed E-state index contributed by atoms with van der Waals surface area (Å²) in [7, 11) is 0. The van der Waals surface area contributed by atoms with Crippen LogP contribution in [0.15, 0.2) is 24.3 Å². The molecule has 0 bridgehead atoms. The summed E-state index contributed by atoms with van der Waals surface area (Å²) in [5.74, 6) is 0.600. The van der Waals surface area contributed by atoms with Crippen LogP contribution in [0.5, 0.6) is 5.75 Å². The van der Waals surface area contributed by atoms with Gasteiger partial charge in [-0.3, -0.25) is 14.5 Å². The molecule has 0 aromatic heterocycles. The third-order valence-electron chi connectivity index (χ3n) is 3.35. The van der Waals surface area contributed by atoms with E-state index in [1.54, 1.807) is 4.90 Å². The molecule has 1 saturated heterocycles. The minimum atomic E-state index is -0.469. The Labute approximate surface area is 125 Å². The highest BCUT2D eigenvalue weighted by Crippen LogP contribution is 2.26. The molecule has 1 heterocycles. The van der Waals surface area contributed by atoms with Gasteiger partial charge >= 0.3 is 0 Å². The van der Waals surface area contributed by atoms with Gasteiger partial charge < -0.3 is 10.1 Å². The molecule has 1 aliphatic rings. The second kappa shape index (κ2) is 6.16. The quantitative estimate of drug-likeness (QED) is 0.922. The van der Waals surface area contributed by atoms with Crippen LogP contribution in [-0.4, -0.2) is 30.5 Å². The predicted molar refractivity (Wildman–Crippen MR) is 81.3 cm³/mol. The van der Waals surface area contributed by atoms with E-state index < -0.39 is 6.04 Å². The first-order chi connectivity index (χ1) is 9.90. The summed E-state index contributed by atoms with van der Waals surface area (Å²) in [5, 5.41) is 2.65. The molecule has 2 rings (SSSR count). The number of carbonyl (C=O) groups is 2. The highest BCUT2D eigenvalue weighted by Gasteiger charge is 2.37. The Morgan fingerprint density at radius 2 is 1.76 bits per heavy atom. The molecule has 0 radical (unpaired) electrons. The second-order valence-corrected chi connectivity index (χ2v) is 5.83. The molecule has 2 amide bonds. The van der Waals surface area contributed by atoms with E-state index in [0.717, 1.165) is 11.4 Å². The van der Waals surface area contributed by atoms with E-state index in [1.807, 2.05) is 52.0 Å². The minimum absolute atomic E-state index is 0.0424. The zero-order valence-electron chi connectivity index (χ0n) is 12.9. The van der Waals surface area contributed by atoms with Crippen molar-refractivity contribution in [2.45, 2.75) is 39.8 Å². The Morgan fingerprint density at radius 1 is 1.14 bits per heavy atom. The van der Waals surface area contributed by atoms with Gasteiger partial charge in [-0.15, -0.1) is 0 Å². The van der Waals surface area contributed by atoms with Crippen LogP contribution < -0.4 is 15.0 Å². The van der Waals surface area contributed by atoms with Crippen LogP contribution in [0.1, 0.15) is 27.7 Å². The Morgan fingerprint density at radius 3 is 2.29 bits per heavy atom. The molecule has 114 valence electrons. The van der Waals surface area contributed by atoms with E-state index in [9.17, 15) is 9.59 Å². The number of amides is 2. The van der Waals surface area contributed by atoms with E-state index in [2.05, 4.69) is 5.32 Å². The minimum Gasteiger partial charge on any atom is -0.491 e. The smallest absolute Gasteiger partial charge is 0.247 e. The summed E-state index contributed by atoms with van der Waals surface area (Å²) in [5.41, 5.74) is 0.727. The van der Waals surface area contributed by atoms with Gasteiger partial charge in [-0.2, -0.15) is 0 Å². The van der Waals surface area contributed by atoms with Crippen molar-refractivity contribution < 1.29 is 14.3 Å². The monoisotopic (exact) mass is 290 g/mol. The number of ether oxygens (including phenoxy) is 1. The lowest BCUT2D eigenvalue weighted by molar-refractivity contribution is -0.131. The number of hydrogen-bond acceptors (Lipinski definition) is 3. The molecule has 1 aromatic carbocycles. The standard InChI is InChI=1S/C16H22N2O3/c1-10(2)15-16(20)17-9-14(19)18(15)12-5-7-13(8-6-12)21-11(3)4/h5-8,10-11,15H,9H2,1-4H3,(H,17,20). The fourth-order valence-electron chi connectivity index (χ4n) is 2.49. The number of piperazine rings is 1. The highest BCUT2D eigenvalue weighted by molar-refractivity contribution is 6.06. The van der Waals surface area contributed by atoms with E-state index in [1.165, 1.54) is 0 Å². The summed E-state index contributed by atoms with van der Waals surface area (Å²) in [6, 6.07) is 6.83. The molecule has 1 aromatic rings. The Hall–Kier alpha value is -2.04. The molecule has 21 heavy (non-hydrogen) atoms. The maximum Gasteiger partial charge on any atom is 0.247 e. The van der Waals surface area contributed by atoms with Crippen LogP contribution in [0.4, 0.5) is 5.69 Å². The van der Waals surface area contributed by atoms with Gasteiger partial charge in [-0.25, -0.2) is 0 Å². The predicted octanol–water partition coefficient (Wildman–Crippen LogP) is 1.96. The summed E-state index contributed by atoms with van der Waals surface area (Å²) < 4.78 is 5.60. The normalized spacial score (nSPS) is 19.1. The molecule has 0 spiro atoms. The highest BCUT2D eigenvalue weighted by atomic mass is 16.5. The van der Waals surface area contributed by atoms with Gasteiger partial charge in [0.1, 0.15) is 11.8 Å². The van der Waals surface area contributed by atoms with E-state index in [4.69, 9.17) is 4.74 Å². The molecule has 1 N–H and O–H groups in total. The number of nitrogens with one attached hydrogen (secondary N) is 1. The number of rotatable bonds is 4. The molecule has 5 nitrogen and oxygen atoms in total. The van der Waals surface area contributed by atoms with Crippen LogP contribution in [0.2, 0.25) is 0 Å². The lowest BCUT2D eigenvalue weighted by atomic mass is 9.98. The van der Waals surface area contributed by atoms with Crippen LogP contribution in [0, 0.1) is 5.92 Å². The first kappa shape index (κ1) is 15.4. The van der Waals surface area contributed by atoms with Crippen molar-refractivity contribution in [1.82, 2.24) is 5.32 Å². The van der Waals surface area contributed by atoms with Crippen LogP contribution in [0.3, 0.4) is 0 Å². The third-order valence-corrected chi connectivity index (χ3v) is 3.35. The van der Waals surface area contributed by atoms with E-state index >= 15 is 0 Å². The number of benzene rings is 1. The van der Waals surface area contributed by atoms with Gasteiger partial charge in [0.15, 0.2) is 0 Å². The average Bonchev–Trinajstić information content (AvgIpc) is 2.41. The van der Waals surface area contributed by atoms with Crippen molar-refractivity contribution in [3.63, 3.8) is 0 Å². The number of hydrogen-bond donors (Lipinski definition) is 1. The van der Waals surface area contributed by atoms with Crippen LogP contribution in [0.25, 0.3) is 0 Å². The maximum absolute atomic E-state index is 12.2. The Kier molecular flexibility index (Phi) is 4.50. The van der Waals surface area contributed by atoms with E-state index in [-0.39, 0.29) is 30.4 Å². The molecule has 1 unspecified atom stereocenters. The SMILES string of the molecule is CC(C)Oc1ccc(N2C(=O)CNC(=O)C2C(C)C)cc1. The van der Waals surface area contributed by atoms with Gasteiger partial charge in [0.05, 0.1) is 12.6 Å². The zero-order valence-corrected chi connectivity index (χ0v) is 12.9. The lowest BCUT2D eigenvalue weighted by Gasteiger charge is -2.37. The molecular weight excluding hydrogens is 268 g/mol. The van der Waals surface area contributed by atoms with Crippen molar-refractivity contribution in [2.75, 3.05) is 11.4 Å². The molecule has 1 atom stereocenters. The zero-order chi connectivity index (χ0) is 15.6. The fraction of sp³-hybridized carbons (Fsp3) is 0.500. The largest absolute Gasteiger partial charge is 0.491 e. The third kappa shape index (κ3) is 3.35. The first-order valence-electron chi connectivity index (χ1n) is 7.26. The van der Waals surface area contributed by atoms with Crippen molar-refractivity contribution in [2.24, 2.45) is 5.92 Å². The topological polar surface area (TPSA) is 58.6 Å². The number of anilines is 1. The van der Waals surface area contributed by atoms with Gasteiger partial charge in [0.25, 0.3) is 0 Å². The van der Waals surface area contributed by atoms with Crippen molar-refractivity contribution in [3.8, 4) is 5.75 Å².